The molecule has 1 heterocycles. The molecule has 2 aromatic rings. The summed E-state index contributed by atoms with van der Waals surface area (Å²) in [6, 6.07) is 14.8. The minimum Gasteiger partial charge on any atom is -0.445 e. The lowest BCUT2D eigenvalue weighted by Gasteiger charge is -2.29. The Morgan fingerprint density at radius 2 is 1.86 bits per heavy atom. The van der Waals surface area contributed by atoms with Crippen molar-refractivity contribution in [1.29, 1.82) is 0 Å². The van der Waals surface area contributed by atoms with Crippen LogP contribution in [0.4, 0.5) is 16.2 Å². The van der Waals surface area contributed by atoms with Crippen LogP contribution in [0, 0.1) is 0 Å². The molecule has 6 nitrogen and oxygen atoms in total. The molecule has 2 aromatic carbocycles. The largest absolute Gasteiger partial charge is 0.445 e. The smallest absolute Gasteiger partial charge is 0.407 e. The molecule has 0 atom stereocenters. The lowest BCUT2D eigenvalue weighted by molar-refractivity contribution is -0.115. The molecular formula is C20H22ClN3O3S. The van der Waals surface area contributed by atoms with Crippen LogP contribution in [0.1, 0.15) is 5.56 Å². The van der Waals surface area contributed by atoms with Crippen molar-refractivity contribution in [2.75, 3.05) is 41.4 Å². The van der Waals surface area contributed by atoms with Gasteiger partial charge >= 0.3 is 6.09 Å². The minimum absolute atomic E-state index is 0.153. The molecule has 1 fully saturated rings. The van der Waals surface area contributed by atoms with E-state index in [2.05, 4.69) is 15.5 Å². The average molecular weight is 420 g/mol. The van der Waals surface area contributed by atoms with Gasteiger partial charge in [-0.15, -0.1) is 0 Å². The number of anilines is 2. The molecule has 2 N–H and O–H groups in total. The summed E-state index contributed by atoms with van der Waals surface area (Å²) in [5.41, 5.74) is 2.44. The van der Waals surface area contributed by atoms with Gasteiger partial charge in [0, 0.05) is 30.3 Å². The van der Waals surface area contributed by atoms with Gasteiger partial charge in [0.1, 0.15) is 13.2 Å². The zero-order chi connectivity index (χ0) is 19.8. The third kappa shape index (κ3) is 6.07. The van der Waals surface area contributed by atoms with Gasteiger partial charge < -0.3 is 20.3 Å². The first kappa shape index (κ1) is 20.4. The molecule has 1 saturated heterocycles. The predicted octanol–water partition coefficient (Wildman–Crippen LogP) is 3.76. The molecule has 0 aliphatic carbocycles. The van der Waals surface area contributed by atoms with E-state index < -0.39 is 6.09 Å². The summed E-state index contributed by atoms with van der Waals surface area (Å²) in [5, 5.41) is 5.76. The zero-order valence-corrected chi connectivity index (χ0v) is 16.9. The van der Waals surface area contributed by atoms with Crippen molar-refractivity contribution in [3.63, 3.8) is 0 Å². The number of carbonyl (C=O) groups excluding carboxylic acids is 2. The van der Waals surface area contributed by atoms with Gasteiger partial charge in [0.15, 0.2) is 0 Å². The maximum atomic E-state index is 12.1. The molecule has 8 heteroatoms. The Hall–Kier alpha value is -2.38. The monoisotopic (exact) mass is 419 g/mol. The van der Waals surface area contributed by atoms with Gasteiger partial charge in [-0.05, 0) is 23.8 Å². The normalized spacial score (nSPS) is 13.7. The Morgan fingerprint density at radius 3 is 2.57 bits per heavy atom. The molecule has 0 saturated carbocycles. The van der Waals surface area contributed by atoms with Crippen molar-refractivity contribution in [2.24, 2.45) is 0 Å². The van der Waals surface area contributed by atoms with Gasteiger partial charge in [-0.2, -0.15) is 11.8 Å². The van der Waals surface area contributed by atoms with Crippen LogP contribution < -0.4 is 15.5 Å². The predicted molar refractivity (Wildman–Crippen MR) is 114 cm³/mol. The van der Waals surface area contributed by atoms with E-state index in [0.29, 0.717) is 10.7 Å². The molecule has 0 spiro atoms. The number of amides is 2. The summed E-state index contributed by atoms with van der Waals surface area (Å²) in [5.74, 6) is 1.82. The van der Waals surface area contributed by atoms with Crippen LogP contribution in [-0.2, 0) is 16.1 Å². The topological polar surface area (TPSA) is 70.7 Å². The second-order valence-corrected chi connectivity index (χ2v) is 7.86. The Morgan fingerprint density at radius 1 is 1.11 bits per heavy atom. The molecule has 1 aliphatic rings. The van der Waals surface area contributed by atoms with Gasteiger partial charge in [-0.3, -0.25) is 4.79 Å². The molecule has 0 aromatic heterocycles. The number of nitrogens with one attached hydrogen (secondary N) is 2. The number of ether oxygens (including phenoxy) is 1. The van der Waals surface area contributed by atoms with Crippen LogP contribution in [0.5, 0.6) is 0 Å². The average Bonchev–Trinajstić information content (AvgIpc) is 2.72. The first-order chi connectivity index (χ1) is 13.6. The highest BCUT2D eigenvalue weighted by Gasteiger charge is 2.15. The highest BCUT2D eigenvalue weighted by atomic mass is 35.5. The van der Waals surface area contributed by atoms with Crippen LogP contribution in [0.15, 0.2) is 48.5 Å². The number of thioether (sulfide) groups is 1. The van der Waals surface area contributed by atoms with E-state index in [0.717, 1.165) is 35.8 Å². The quantitative estimate of drug-likeness (QED) is 0.746. The summed E-state index contributed by atoms with van der Waals surface area (Å²) in [7, 11) is 0. The zero-order valence-electron chi connectivity index (χ0n) is 15.3. The number of nitrogens with zero attached hydrogens (tertiary/aromatic N) is 1. The standard InChI is InChI=1S/C20H22ClN3O3S/c21-17-12-16(6-7-18(17)24-8-10-28-11-9-24)23-19(25)13-22-20(26)27-14-15-4-2-1-3-5-15/h1-7,12H,8-11,13-14H2,(H,22,26)(H,23,25). The summed E-state index contributed by atoms with van der Waals surface area (Å²) in [4.78, 5) is 26.0. The van der Waals surface area contributed by atoms with Gasteiger partial charge in [0.25, 0.3) is 0 Å². The van der Waals surface area contributed by atoms with Crippen LogP contribution in [0.2, 0.25) is 5.02 Å². The number of rotatable bonds is 6. The Labute approximate surface area is 173 Å². The third-order valence-electron chi connectivity index (χ3n) is 4.19. The van der Waals surface area contributed by atoms with Gasteiger partial charge in [0.05, 0.1) is 10.7 Å². The SMILES string of the molecule is O=C(CNC(=O)OCc1ccccc1)Nc1ccc(N2CCSCC2)c(Cl)c1. The summed E-state index contributed by atoms with van der Waals surface area (Å²) < 4.78 is 5.07. The fourth-order valence-electron chi connectivity index (χ4n) is 2.78. The highest BCUT2D eigenvalue weighted by molar-refractivity contribution is 7.99. The van der Waals surface area contributed by atoms with Crippen molar-refractivity contribution in [3.05, 3.63) is 59.1 Å². The van der Waals surface area contributed by atoms with E-state index in [9.17, 15) is 9.59 Å². The molecule has 1 aliphatic heterocycles. The van der Waals surface area contributed by atoms with E-state index in [1.807, 2.05) is 54.2 Å². The second-order valence-electron chi connectivity index (χ2n) is 6.23. The molecular weight excluding hydrogens is 398 g/mol. The van der Waals surface area contributed by atoms with Crippen molar-refractivity contribution < 1.29 is 14.3 Å². The number of hydrogen-bond acceptors (Lipinski definition) is 5. The molecule has 148 valence electrons. The molecule has 0 radical (unpaired) electrons. The highest BCUT2D eigenvalue weighted by Crippen LogP contribution is 2.30. The number of carbonyl (C=O) groups is 2. The van der Waals surface area contributed by atoms with Crippen LogP contribution in [0.25, 0.3) is 0 Å². The Kier molecular flexibility index (Phi) is 7.45. The second kappa shape index (κ2) is 10.2. The Bertz CT molecular complexity index is 814. The molecule has 28 heavy (non-hydrogen) atoms. The first-order valence-corrected chi connectivity index (χ1v) is 10.5. The number of alkyl carbamates (subject to hydrolysis) is 1. The van der Waals surface area contributed by atoms with E-state index in [1.165, 1.54) is 0 Å². The van der Waals surface area contributed by atoms with Gasteiger partial charge in [-0.25, -0.2) is 4.79 Å². The molecule has 0 bridgehead atoms. The van der Waals surface area contributed by atoms with Gasteiger partial charge in [-0.1, -0.05) is 41.9 Å². The van der Waals surface area contributed by atoms with E-state index in [-0.39, 0.29) is 19.1 Å². The maximum Gasteiger partial charge on any atom is 0.407 e. The number of hydrogen-bond donors (Lipinski definition) is 2. The fourth-order valence-corrected chi connectivity index (χ4v) is 3.98. The van der Waals surface area contributed by atoms with E-state index in [4.69, 9.17) is 16.3 Å². The van der Waals surface area contributed by atoms with E-state index in [1.54, 1.807) is 6.07 Å². The van der Waals surface area contributed by atoms with Crippen molar-refractivity contribution in [3.8, 4) is 0 Å². The molecule has 3 rings (SSSR count). The first-order valence-electron chi connectivity index (χ1n) is 8.98. The van der Waals surface area contributed by atoms with Crippen LogP contribution in [0.3, 0.4) is 0 Å². The van der Waals surface area contributed by atoms with Crippen molar-refractivity contribution in [2.45, 2.75) is 6.61 Å². The van der Waals surface area contributed by atoms with E-state index >= 15 is 0 Å². The molecule has 0 unspecified atom stereocenters. The maximum absolute atomic E-state index is 12.1. The minimum atomic E-state index is -0.643. The lowest BCUT2D eigenvalue weighted by atomic mass is 10.2. The third-order valence-corrected chi connectivity index (χ3v) is 5.43. The summed E-state index contributed by atoms with van der Waals surface area (Å²) in [6.07, 6.45) is -0.643. The van der Waals surface area contributed by atoms with Crippen molar-refractivity contribution >= 4 is 46.7 Å². The summed E-state index contributed by atoms with van der Waals surface area (Å²) in [6.45, 7) is 1.90. The molecule has 2 amide bonds. The fraction of sp³-hybridized carbons (Fsp3) is 0.300. The number of halogens is 1. The van der Waals surface area contributed by atoms with Crippen LogP contribution >= 0.6 is 23.4 Å². The number of benzene rings is 2. The van der Waals surface area contributed by atoms with Crippen LogP contribution in [-0.4, -0.2) is 43.1 Å². The van der Waals surface area contributed by atoms with Crippen molar-refractivity contribution in [1.82, 2.24) is 5.32 Å². The summed E-state index contributed by atoms with van der Waals surface area (Å²) >= 11 is 8.32. The Balaban J connectivity index is 1.44. The lowest BCUT2D eigenvalue weighted by Crippen LogP contribution is -2.33. The van der Waals surface area contributed by atoms with Gasteiger partial charge in [0.2, 0.25) is 5.91 Å².